The fourth-order valence-corrected chi connectivity index (χ4v) is 4.17. The third-order valence-electron chi connectivity index (χ3n) is 6.24. The highest BCUT2D eigenvalue weighted by Gasteiger charge is 2.71. The van der Waals surface area contributed by atoms with Crippen LogP contribution in [-0.2, 0) is 4.79 Å². The summed E-state index contributed by atoms with van der Waals surface area (Å²) in [5, 5.41) is 14.3. The number of hydrogen-bond acceptors (Lipinski definition) is 3. The maximum atomic E-state index is 11.9. The van der Waals surface area contributed by atoms with Gasteiger partial charge in [0.25, 0.3) is 0 Å². The monoisotopic (exact) mass is 286 g/mol. The molecule has 2 saturated carbocycles. The summed E-state index contributed by atoms with van der Waals surface area (Å²) < 4.78 is 0. The number of benzene rings is 1. The number of rotatable bonds is 3. The standard InChI is InChI=1S/C17H22N2O2/c1-15(2)16(3)9-10-17(15,14(20)21)11-13(16)19-18-12-7-5-4-6-8-12/h4-8,18H,9-11H2,1-3H3,(H,20,21)/b19-13-/t16-,17+/m1/s1. The van der Waals surface area contributed by atoms with Crippen LogP contribution in [0.4, 0.5) is 5.69 Å². The van der Waals surface area contributed by atoms with E-state index < -0.39 is 11.4 Å². The van der Waals surface area contributed by atoms with Crippen LogP contribution in [0.1, 0.15) is 40.0 Å². The molecule has 0 aromatic heterocycles. The predicted octanol–water partition coefficient (Wildman–Crippen LogP) is 3.76. The summed E-state index contributed by atoms with van der Waals surface area (Å²) in [6.07, 6.45) is 2.18. The molecular formula is C17H22N2O2. The summed E-state index contributed by atoms with van der Waals surface area (Å²) in [5.74, 6) is -0.680. The Labute approximate surface area is 125 Å². The van der Waals surface area contributed by atoms with Crippen molar-refractivity contribution in [1.29, 1.82) is 0 Å². The van der Waals surface area contributed by atoms with Crippen LogP contribution in [0.2, 0.25) is 0 Å². The van der Waals surface area contributed by atoms with Crippen LogP contribution in [0.3, 0.4) is 0 Å². The smallest absolute Gasteiger partial charge is 0.310 e. The Morgan fingerprint density at radius 2 is 1.86 bits per heavy atom. The third-order valence-corrected chi connectivity index (χ3v) is 6.24. The number of aliphatic carboxylic acids is 1. The molecule has 2 aliphatic carbocycles. The SMILES string of the molecule is CC1(C)[C@@]2(C(=O)O)CC[C@]1(C)/C(=N\Nc1ccccc1)C2. The molecule has 2 N–H and O–H groups in total. The second kappa shape index (κ2) is 4.33. The Morgan fingerprint density at radius 1 is 1.19 bits per heavy atom. The lowest BCUT2D eigenvalue weighted by Gasteiger charge is -2.37. The summed E-state index contributed by atoms with van der Waals surface area (Å²) in [6, 6.07) is 9.77. The molecule has 4 heteroatoms. The van der Waals surface area contributed by atoms with Crippen molar-refractivity contribution in [3.8, 4) is 0 Å². The van der Waals surface area contributed by atoms with E-state index in [9.17, 15) is 9.90 Å². The molecule has 0 saturated heterocycles. The number of anilines is 1. The molecule has 1 aromatic rings. The van der Waals surface area contributed by atoms with Gasteiger partial charge in [0.05, 0.1) is 11.1 Å². The molecule has 0 heterocycles. The Bertz CT molecular complexity index is 608. The van der Waals surface area contributed by atoms with Crippen molar-refractivity contribution in [1.82, 2.24) is 0 Å². The lowest BCUT2D eigenvalue weighted by molar-refractivity contribution is -0.154. The lowest BCUT2D eigenvalue weighted by atomic mass is 9.65. The van der Waals surface area contributed by atoms with Crippen LogP contribution in [0.15, 0.2) is 35.4 Å². The molecule has 0 radical (unpaired) electrons. The van der Waals surface area contributed by atoms with E-state index in [4.69, 9.17) is 0 Å². The minimum absolute atomic E-state index is 0.146. The van der Waals surface area contributed by atoms with Crippen molar-refractivity contribution in [2.24, 2.45) is 21.3 Å². The summed E-state index contributed by atoms with van der Waals surface area (Å²) in [7, 11) is 0. The number of carbonyl (C=O) groups is 1. The van der Waals surface area contributed by atoms with Gasteiger partial charge in [0.1, 0.15) is 0 Å². The van der Waals surface area contributed by atoms with Gasteiger partial charge in [0.15, 0.2) is 0 Å². The quantitative estimate of drug-likeness (QED) is 0.832. The number of hydrogen-bond donors (Lipinski definition) is 2. The number of fused-ring (bicyclic) bond motifs is 2. The molecule has 0 spiro atoms. The zero-order valence-corrected chi connectivity index (χ0v) is 12.8. The number of nitrogens with zero attached hydrogens (tertiary/aromatic N) is 1. The van der Waals surface area contributed by atoms with Gasteiger partial charge >= 0.3 is 5.97 Å². The second-order valence-corrected chi connectivity index (χ2v) is 7.06. The van der Waals surface area contributed by atoms with Crippen molar-refractivity contribution in [3.05, 3.63) is 30.3 Å². The van der Waals surface area contributed by atoms with Gasteiger partial charge in [-0.3, -0.25) is 10.2 Å². The van der Waals surface area contributed by atoms with E-state index in [0.717, 1.165) is 24.2 Å². The largest absolute Gasteiger partial charge is 0.481 e. The van der Waals surface area contributed by atoms with Crippen LogP contribution in [0.25, 0.3) is 0 Å². The molecule has 0 aliphatic heterocycles. The summed E-state index contributed by atoms with van der Waals surface area (Å²) in [4.78, 5) is 11.9. The zero-order chi connectivity index (χ0) is 15.3. The molecular weight excluding hydrogens is 264 g/mol. The highest BCUT2D eigenvalue weighted by Crippen LogP contribution is 2.70. The number of carboxylic acids is 1. The molecule has 21 heavy (non-hydrogen) atoms. The van der Waals surface area contributed by atoms with Gasteiger partial charge in [-0.05, 0) is 30.4 Å². The Hall–Kier alpha value is -1.84. The first kappa shape index (κ1) is 14.1. The molecule has 3 rings (SSSR count). The summed E-state index contributed by atoms with van der Waals surface area (Å²) >= 11 is 0. The van der Waals surface area contributed by atoms with Crippen molar-refractivity contribution in [2.75, 3.05) is 5.43 Å². The molecule has 2 atom stereocenters. The fraction of sp³-hybridized carbons (Fsp3) is 0.529. The van der Waals surface area contributed by atoms with E-state index in [-0.39, 0.29) is 10.8 Å². The van der Waals surface area contributed by atoms with Gasteiger partial charge < -0.3 is 5.11 Å². The van der Waals surface area contributed by atoms with Gasteiger partial charge in [0, 0.05) is 17.5 Å². The first-order chi connectivity index (χ1) is 9.83. The van der Waals surface area contributed by atoms with Crippen molar-refractivity contribution in [3.63, 3.8) is 0 Å². The number of hydrazone groups is 1. The van der Waals surface area contributed by atoms with E-state index in [0.29, 0.717) is 6.42 Å². The van der Waals surface area contributed by atoms with Gasteiger partial charge in [-0.15, -0.1) is 0 Å². The molecule has 2 fully saturated rings. The van der Waals surface area contributed by atoms with Crippen molar-refractivity contribution < 1.29 is 9.90 Å². The highest BCUT2D eigenvalue weighted by molar-refractivity contribution is 6.01. The van der Waals surface area contributed by atoms with E-state index >= 15 is 0 Å². The normalized spacial score (nSPS) is 35.1. The minimum atomic E-state index is -0.680. The molecule has 2 aliphatic rings. The van der Waals surface area contributed by atoms with Gasteiger partial charge in [0.2, 0.25) is 0 Å². The van der Waals surface area contributed by atoms with Crippen molar-refractivity contribution in [2.45, 2.75) is 40.0 Å². The summed E-state index contributed by atoms with van der Waals surface area (Å²) in [6.45, 7) is 6.33. The molecule has 112 valence electrons. The van der Waals surface area contributed by atoms with E-state index in [1.54, 1.807) is 0 Å². The minimum Gasteiger partial charge on any atom is -0.481 e. The first-order valence-electron chi connectivity index (χ1n) is 7.45. The molecule has 4 nitrogen and oxygen atoms in total. The average Bonchev–Trinajstić information content (AvgIpc) is 2.76. The van der Waals surface area contributed by atoms with Gasteiger partial charge in [-0.25, -0.2) is 0 Å². The second-order valence-electron chi connectivity index (χ2n) is 7.06. The van der Waals surface area contributed by atoms with E-state index in [2.05, 4.69) is 31.3 Å². The van der Waals surface area contributed by atoms with Crippen LogP contribution in [0.5, 0.6) is 0 Å². The molecule has 2 bridgehead atoms. The highest BCUT2D eigenvalue weighted by atomic mass is 16.4. The van der Waals surface area contributed by atoms with Gasteiger partial charge in [-0.1, -0.05) is 39.0 Å². The van der Waals surface area contributed by atoms with Gasteiger partial charge in [-0.2, -0.15) is 5.10 Å². The zero-order valence-electron chi connectivity index (χ0n) is 12.8. The van der Waals surface area contributed by atoms with Crippen LogP contribution in [0, 0.1) is 16.2 Å². The molecule has 0 amide bonds. The van der Waals surface area contributed by atoms with E-state index in [1.807, 2.05) is 30.3 Å². The molecule has 0 unspecified atom stereocenters. The Kier molecular flexibility index (Phi) is 2.91. The lowest BCUT2D eigenvalue weighted by Crippen LogP contribution is -2.40. The topological polar surface area (TPSA) is 61.7 Å². The van der Waals surface area contributed by atoms with Crippen molar-refractivity contribution >= 4 is 17.4 Å². The van der Waals surface area contributed by atoms with Crippen LogP contribution < -0.4 is 5.43 Å². The predicted molar refractivity (Wildman–Crippen MR) is 83.3 cm³/mol. The Balaban J connectivity index is 1.94. The Morgan fingerprint density at radius 3 is 2.43 bits per heavy atom. The molecule has 1 aromatic carbocycles. The maximum absolute atomic E-state index is 11.9. The summed E-state index contributed by atoms with van der Waals surface area (Å²) in [5.41, 5.74) is 3.92. The van der Waals surface area contributed by atoms with Crippen LogP contribution >= 0.6 is 0 Å². The number of nitrogens with one attached hydrogen (secondary N) is 1. The number of para-hydroxylation sites is 1. The third kappa shape index (κ3) is 1.68. The van der Waals surface area contributed by atoms with Crippen LogP contribution in [-0.4, -0.2) is 16.8 Å². The average molecular weight is 286 g/mol. The first-order valence-corrected chi connectivity index (χ1v) is 7.45. The number of carboxylic acid groups (broad SMARTS) is 1. The maximum Gasteiger partial charge on any atom is 0.310 e. The fourth-order valence-electron chi connectivity index (χ4n) is 4.17. The van der Waals surface area contributed by atoms with E-state index in [1.165, 1.54) is 0 Å².